The summed E-state index contributed by atoms with van der Waals surface area (Å²) in [6.07, 6.45) is 9.39. The van der Waals surface area contributed by atoms with Crippen LogP contribution in [-0.4, -0.2) is 0 Å². The normalized spacial score (nSPS) is 11.5. The Balaban J connectivity index is 0.000000172. The highest BCUT2D eigenvalue weighted by Crippen LogP contribution is 2.27. The predicted molar refractivity (Wildman–Crippen MR) is 278 cm³/mol. The minimum absolute atomic E-state index is 0.426. The van der Waals surface area contributed by atoms with E-state index in [1.165, 1.54) is 78.3 Å². The van der Waals surface area contributed by atoms with Gasteiger partial charge in [-0.2, -0.15) is 0 Å². The van der Waals surface area contributed by atoms with Gasteiger partial charge in [-0.1, -0.05) is 93.6 Å². The van der Waals surface area contributed by atoms with Crippen LogP contribution in [-0.2, 0) is 34.6 Å². The number of aromatic nitrogens is 4. The quantitative estimate of drug-likeness (QED) is 0.148. The van der Waals surface area contributed by atoms with Crippen molar-refractivity contribution in [3.63, 3.8) is 0 Å². The Hall–Kier alpha value is -6.52. The molecule has 0 unspecified atom stereocenters. The monoisotopic (exact) mass is 880 g/mol. The molecule has 8 rings (SSSR count). The van der Waals surface area contributed by atoms with Crippen molar-refractivity contribution in [1.82, 2.24) is 0 Å². The summed E-state index contributed by atoms with van der Waals surface area (Å²) in [4.78, 5) is 0. The maximum Gasteiger partial charge on any atom is 0.215 e. The first kappa shape index (κ1) is 46.0. The Morgan fingerprint density at radius 1 is 0.409 bits per heavy atom. The van der Waals surface area contributed by atoms with Crippen LogP contribution in [0.5, 0.6) is 0 Å². The SMILES string of the molecule is CCc1ccc(-c2ccccc2C)[n+](C)c1.Cc1ccccc1-c1c(C)c(C)cc[n+]1C.Cc1ccccc1-c1ccc(C(C)C)c[n+]1C.[2H]C([2H])([2H])c1c[n+](C)c(-c2ccccc2C)c(C)c1C. The van der Waals surface area contributed by atoms with Crippen LogP contribution in [0.4, 0.5) is 0 Å². The molecular weight excluding hydrogens is 801 g/mol. The zero-order chi connectivity index (χ0) is 50.7. The molecule has 4 heteroatoms. The van der Waals surface area contributed by atoms with Gasteiger partial charge in [0.2, 0.25) is 22.8 Å². The second-order valence-corrected chi connectivity index (χ2v) is 18.1. The summed E-state index contributed by atoms with van der Waals surface area (Å²) < 4.78 is 31.5. The van der Waals surface area contributed by atoms with Crippen LogP contribution in [0, 0.1) is 62.2 Å². The molecule has 4 nitrogen and oxygen atoms in total. The van der Waals surface area contributed by atoms with Gasteiger partial charge in [-0.05, 0) is 144 Å². The Morgan fingerprint density at radius 2 is 0.848 bits per heavy atom. The van der Waals surface area contributed by atoms with Crippen LogP contribution in [0.2, 0.25) is 0 Å². The molecule has 0 N–H and O–H groups in total. The smallest absolute Gasteiger partial charge is 0.201 e. The first-order valence-corrected chi connectivity index (χ1v) is 23.3. The van der Waals surface area contributed by atoms with Gasteiger partial charge in [-0.15, -0.1) is 0 Å². The highest BCUT2D eigenvalue weighted by Gasteiger charge is 2.20. The number of nitrogens with zero attached hydrogens (tertiary/aromatic N) is 4. The number of hydrogen-bond donors (Lipinski definition) is 0. The molecule has 0 amide bonds. The third-order valence-corrected chi connectivity index (χ3v) is 12.9. The van der Waals surface area contributed by atoms with Gasteiger partial charge < -0.3 is 0 Å². The van der Waals surface area contributed by atoms with Gasteiger partial charge in [0.05, 0.1) is 0 Å². The first-order valence-electron chi connectivity index (χ1n) is 24.8. The molecule has 0 atom stereocenters. The van der Waals surface area contributed by atoms with E-state index in [-0.39, 0.29) is 0 Å². The molecule has 4 heterocycles. The fourth-order valence-corrected chi connectivity index (χ4v) is 8.46. The summed E-state index contributed by atoms with van der Waals surface area (Å²) in [5, 5.41) is 0. The van der Waals surface area contributed by atoms with E-state index in [1.807, 2.05) is 37.6 Å². The topological polar surface area (TPSA) is 15.5 Å². The van der Waals surface area contributed by atoms with Crippen molar-refractivity contribution in [2.24, 2.45) is 28.2 Å². The highest BCUT2D eigenvalue weighted by atomic mass is 14.9. The number of aryl methyl sites for hydroxylation is 11. The fraction of sp³-hybridized carbons (Fsp3) is 0.290. The van der Waals surface area contributed by atoms with Gasteiger partial charge >= 0.3 is 0 Å². The molecule has 0 bridgehead atoms. The van der Waals surface area contributed by atoms with Crippen molar-refractivity contribution < 1.29 is 22.4 Å². The minimum atomic E-state index is -2.07. The molecule has 0 aliphatic rings. The summed E-state index contributed by atoms with van der Waals surface area (Å²) in [5.41, 5.74) is 22.9. The lowest BCUT2D eigenvalue weighted by atomic mass is 9.97. The summed E-state index contributed by atoms with van der Waals surface area (Å²) in [6.45, 7) is 21.3. The molecule has 0 spiro atoms. The lowest BCUT2D eigenvalue weighted by Gasteiger charge is -2.10. The molecule has 0 aliphatic heterocycles. The summed E-state index contributed by atoms with van der Waals surface area (Å²) in [6, 6.07) is 44.8. The Morgan fingerprint density at radius 3 is 1.27 bits per heavy atom. The average molecular weight is 880 g/mol. The van der Waals surface area contributed by atoms with Crippen LogP contribution < -0.4 is 18.3 Å². The van der Waals surface area contributed by atoms with Crippen molar-refractivity contribution in [1.29, 1.82) is 0 Å². The Kier molecular flexibility index (Phi) is 16.1. The molecule has 4 aromatic carbocycles. The van der Waals surface area contributed by atoms with Crippen LogP contribution in [0.3, 0.4) is 0 Å². The molecule has 0 radical (unpaired) electrons. The molecule has 0 saturated carbocycles. The van der Waals surface area contributed by atoms with Crippen molar-refractivity contribution >= 4 is 0 Å². The number of pyridine rings is 4. The maximum absolute atomic E-state index is 7.64. The van der Waals surface area contributed by atoms with E-state index in [4.69, 9.17) is 4.11 Å². The van der Waals surface area contributed by atoms with E-state index in [1.54, 1.807) is 6.20 Å². The molecule has 340 valence electrons. The van der Waals surface area contributed by atoms with Crippen molar-refractivity contribution in [2.75, 3.05) is 0 Å². The van der Waals surface area contributed by atoms with Gasteiger partial charge in [0.15, 0.2) is 24.8 Å². The van der Waals surface area contributed by atoms with Crippen LogP contribution >= 0.6 is 0 Å². The van der Waals surface area contributed by atoms with E-state index in [2.05, 4.69) is 231 Å². The van der Waals surface area contributed by atoms with E-state index >= 15 is 0 Å². The van der Waals surface area contributed by atoms with Gasteiger partial charge in [0, 0.05) is 72.4 Å². The highest BCUT2D eigenvalue weighted by molar-refractivity contribution is 5.66. The summed E-state index contributed by atoms with van der Waals surface area (Å²) in [7, 11) is 8.24. The molecular formula is C62H76N4+4. The Labute approximate surface area is 402 Å². The average Bonchev–Trinajstić information content (AvgIpc) is 3.31. The molecule has 8 aromatic rings. The zero-order valence-electron chi connectivity index (χ0n) is 45.5. The molecule has 0 aliphatic carbocycles. The largest absolute Gasteiger partial charge is 0.215 e. The minimum Gasteiger partial charge on any atom is -0.201 e. The van der Waals surface area contributed by atoms with Crippen LogP contribution in [0.1, 0.15) is 92.0 Å². The standard InChI is InChI=1S/2C16H20N.2C15H18N/c1-11-8-6-7-9-15(11)16-14(4)13(3)12(2)10-17(16)5;1-12(2)14-9-10-16(17(4)11-14)15-8-6-5-7-13(15)3;1-11-9-10-16(4)15(13(11)3)14-8-6-5-7-12(14)2;1-4-13-9-10-15(16(3)11-13)14-8-6-5-7-12(14)2/h6-10H,1-5H3;5-12H,1-4H3;5-10H,1-4H3;5-11H,4H2,1-3H3/q4*+1/i2D3;;;. The van der Waals surface area contributed by atoms with Gasteiger partial charge in [-0.3, -0.25) is 0 Å². The third kappa shape index (κ3) is 12.2. The van der Waals surface area contributed by atoms with Crippen molar-refractivity contribution in [2.45, 2.75) is 95.4 Å². The van der Waals surface area contributed by atoms with E-state index in [0.717, 1.165) is 28.8 Å². The van der Waals surface area contributed by atoms with Gasteiger partial charge in [-0.25, -0.2) is 18.3 Å². The second kappa shape index (κ2) is 23.1. The zero-order valence-corrected chi connectivity index (χ0v) is 42.5. The molecule has 4 aromatic heterocycles. The fourth-order valence-electron chi connectivity index (χ4n) is 8.46. The van der Waals surface area contributed by atoms with Crippen LogP contribution in [0.25, 0.3) is 45.0 Å². The number of benzene rings is 4. The van der Waals surface area contributed by atoms with Crippen molar-refractivity contribution in [3.8, 4) is 45.0 Å². The van der Waals surface area contributed by atoms with Gasteiger partial charge in [0.1, 0.15) is 28.2 Å². The lowest BCUT2D eigenvalue weighted by molar-refractivity contribution is -0.661. The number of hydrogen-bond acceptors (Lipinski definition) is 0. The second-order valence-electron chi connectivity index (χ2n) is 18.1. The van der Waals surface area contributed by atoms with E-state index < -0.39 is 6.85 Å². The molecule has 0 saturated heterocycles. The predicted octanol–water partition coefficient (Wildman–Crippen LogP) is 13.2. The van der Waals surface area contributed by atoms with E-state index in [9.17, 15) is 0 Å². The van der Waals surface area contributed by atoms with Gasteiger partial charge in [0.25, 0.3) is 0 Å². The summed E-state index contributed by atoms with van der Waals surface area (Å²) >= 11 is 0. The number of rotatable bonds is 6. The van der Waals surface area contributed by atoms with Crippen molar-refractivity contribution in [3.05, 3.63) is 213 Å². The first-order chi connectivity index (χ1) is 32.7. The summed E-state index contributed by atoms with van der Waals surface area (Å²) in [5.74, 6) is 0.576. The maximum atomic E-state index is 7.64. The lowest BCUT2D eigenvalue weighted by Crippen LogP contribution is -2.33. The Bertz CT molecular complexity index is 3040. The molecule has 0 fully saturated rings. The third-order valence-electron chi connectivity index (χ3n) is 12.9. The molecule has 66 heavy (non-hydrogen) atoms. The van der Waals surface area contributed by atoms with Crippen LogP contribution in [0.15, 0.2) is 152 Å². The van der Waals surface area contributed by atoms with E-state index in [0.29, 0.717) is 11.5 Å².